The Morgan fingerprint density at radius 2 is 2.10 bits per heavy atom. The van der Waals surface area contributed by atoms with Gasteiger partial charge < -0.3 is 4.42 Å². The molecule has 1 aromatic carbocycles. The summed E-state index contributed by atoms with van der Waals surface area (Å²) in [5, 5.41) is 8.73. The molecule has 3 heterocycles. The van der Waals surface area contributed by atoms with Gasteiger partial charge in [0.25, 0.3) is 0 Å². The fraction of sp³-hybridized carbons (Fsp3) is 0.0714. The van der Waals surface area contributed by atoms with Crippen molar-refractivity contribution in [3.05, 3.63) is 41.3 Å². The van der Waals surface area contributed by atoms with Crippen molar-refractivity contribution in [1.29, 1.82) is 0 Å². The first-order chi connectivity index (χ1) is 9.70. The van der Waals surface area contributed by atoms with E-state index < -0.39 is 0 Å². The minimum atomic E-state index is 0.161. The molecular weight excluding hydrogens is 276 g/mol. The van der Waals surface area contributed by atoms with Crippen LogP contribution in [0.25, 0.3) is 33.5 Å². The zero-order chi connectivity index (χ0) is 13.7. The Hall–Kier alpha value is -2.40. The van der Waals surface area contributed by atoms with E-state index in [1.54, 1.807) is 6.20 Å². The van der Waals surface area contributed by atoms with Crippen LogP contribution in [-0.4, -0.2) is 20.2 Å². The van der Waals surface area contributed by atoms with Crippen LogP contribution in [-0.2, 0) is 0 Å². The van der Waals surface area contributed by atoms with E-state index >= 15 is 0 Å². The van der Waals surface area contributed by atoms with Crippen molar-refractivity contribution >= 4 is 33.6 Å². The Balaban J connectivity index is 2.02. The fourth-order valence-corrected chi connectivity index (χ4v) is 2.44. The van der Waals surface area contributed by atoms with Gasteiger partial charge >= 0.3 is 0 Å². The van der Waals surface area contributed by atoms with Gasteiger partial charge in [-0.1, -0.05) is 11.6 Å². The van der Waals surface area contributed by atoms with Crippen LogP contribution < -0.4 is 0 Å². The molecule has 0 amide bonds. The molecule has 5 nitrogen and oxygen atoms in total. The molecule has 98 valence electrons. The second kappa shape index (κ2) is 4.05. The van der Waals surface area contributed by atoms with Gasteiger partial charge in [0.1, 0.15) is 11.3 Å². The molecule has 0 bridgehead atoms. The zero-order valence-corrected chi connectivity index (χ0v) is 11.3. The van der Waals surface area contributed by atoms with Crippen molar-refractivity contribution in [3.8, 4) is 11.5 Å². The van der Waals surface area contributed by atoms with Gasteiger partial charge in [0, 0.05) is 5.39 Å². The second-order valence-electron chi connectivity index (χ2n) is 4.63. The highest BCUT2D eigenvalue weighted by molar-refractivity contribution is 6.28. The lowest BCUT2D eigenvalue weighted by Crippen LogP contribution is -1.88. The van der Waals surface area contributed by atoms with Gasteiger partial charge in [0.05, 0.1) is 11.6 Å². The molecule has 20 heavy (non-hydrogen) atoms. The van der Waals surface area contributed by atoms with E-state index in [-0.39, 0.29) is 5.28 Å². The van der Waals surface area contributed by atoms with Crippen LogP contribution in [0.2, 0.25) is 5.28 Å². The van der Waals surface area contributed by atoms with Crippen LogP contribution >= 0.6 is 11.6 Å². The van der Waals surface area contributed by atoms with E-state index in [2.05, 4.69) is 26.2 Å². The maximum atomic E-state index is 5.94. The first kappa shape index (κ1) is 11.4. The van der Waals surface area contributed by atoms with E-state index in [1.807, 2.05) is 25.1 Å². The Labute approximate surface area is 118 Å². The molecule has 0 saturated carbocycles. The van der Waals surface area contributed by atoms with Gasteiger partial charge in [-0.15, -0.1) is 0 Å². The summed E-state index contributed by atoms with van der Waals surface area (Å²) < 4.78 is 5.85. The van der Waals surface area contributed by atoms with Gasteiger partial charge in [0.15, 0.2) is 11.4 Å². The van der Waals surface area contributed by atoms with Crippen molar-refractivity contribution in [2.45, 2.75) is 6.92 Å². The molecule has 3 aromatic heterocycles. The molecule has 6 heteroatoms. The number of nitrogens with one attached hydrogen (secondary N) is 1. The van der Waals surface area contributed by atoms with E-state index in [1.165, 1.54) is 5.56 Å². The summed E-state index contributed by atoms with van der Waals surface area (Å²) in [7, 11) is 0. The number of aromatic nitrogens is 4. The molecule has 4 rings (SSSR count). The number of fused-ring (bicyclic) bond motifs is 2. The molecule has 0 aliphatic heterocycles. The lowest BCUT2D eigenvalue weighted by Gasteiger charge is -1.98. The normalized spacial score (nSPS) is 11.5. The van der Waals surface area contributed by atoms with Gasteiger partial charge in [0.2, 0.25) is 5.28 Å². The van der Waals surface area contributed by atoms with Gasteiger partial charge in [-0.3, -0.25) is 5.10 Å². The van der Waals surface area contributed by atoms with Crippen molar-refractivity contribution in [3.63, 3.8) is 0 Å². The Bertz CT molecular complexity index is 941. The molecule has 0 fully saturated rings. The number of hydrogen-bond acceptors (Lipinski definition) is 4. The highest BCUT2D eigenvalue weighted by Crippen LogP contribution is 2.31. The number of hydrogen-bond donors (Lipinski definition) is 1. The van der Waals surface area contributed by atoms with E-state index in [4.69, 9.17) is 16.0 Å². The van der Waals surface area contributed by atoms with Crippen LogP contribution in [0, 0.1) is 6.92 Å². The molecule has 1 N–H and O–H groups in total. The Morgan fingerprint density at radius 3 is 3.00 bits per heavy atom. The molecule has 0 spiro atoms. The molecule has 0 aliphatic carbocycles. The maximum absolute atomic E-state index is 5.94. The number of aromatic amines is 1. The summed E-state index contributed by atoms with van der Waals surface area (Å²) in [6, 6.07) is 7.98. The Kier molecular flexibility index (Phi) is 2.31. The summed E-state index contributed by atoms with van der Waals surface area (Å²) in [5.74, 6) is 0.654. The highest BCUT2D eigenvalue weighted by atomic mass is 35.5. The lowest BCUT2D eigenvalue weighted by atomic mass is 10.1. The average molecular weight is 285 g/mol. The average Bonchev–Trinajstić information content (AvgIpc) is 3.02. The van der Waals surface area contributed by atoms with E-state index in [9.17, 15) is 0 Å². The van der Waals surface area contributed by atoms with Crippen molar-refractivity contribution in [2.24, 2.45) is 0 Å². The monoisotopic (exact) mass is 284 g/mol. The predicted octanol–water partition coefficient (Wildman–Crippen LogP) is 3.73. The first-order valence-electron chi connectivity index (χ1n) is 6.08. The van der Waals surface area contributed by atoms with Crippen molar-refractivity contribution in [1.82, 2.24) is 20.2 Å². The zero-order valence-electron chi connectivity index (χ0n) is 10.5. The van der Waals surface area contributed by atoms with Gasteiger partial charge in [-0.2, -0.15) is 10.1 Å². The minimum Gasteiger partial charge on any atom is -0.454 e. The van der Waals surface area contributed by atoms with Crippen LogP contribution in [0.3, 0.4) is 0 Å². The largest absolute Gasteiger partial charge is 0.454 e. The summed E-state index contributed by atoms with van der Waals surface area (Å²) in [4.78, 5) is 8.35. The highest BCUT2D eigenvalue weighted by Gasteiger charge is 2.14. The molecule has 0 unspecified atom stereocenters. The maximum Gasteiger partial charge on any atom is 0.225 e. The van der Waals surface area contributed by atoms with E-state index in [0.29, 0.717) is 17.1 Å². The first-order valence-corrected chi connectivity index (χ1v) is 6.46. The molecular formula is C14H9ClN4O. The Morgan fingerprint density at radius 1 is 1.20 bits per heavy atom. The molecule has 0 radical (unpaired) electrons. The molecule has 0 aliphatic rings. The third kappa shape index (κ3) is 1.67. The van der Waals surface area contributed by atoms with Gasteiger partial charge in [-0.25, -0.2) is 4.98 Å². The number of benzene rings is 1. The number of H-pyrrole nitrogens is 1. The number of nitrogens with zero attached hydrogens (tertiary/aromatic N) is 3. The summed E-state index contributed by atoms with van der Waals surface area (Å²) in [5.41, 5.74) is 3.23. The third-order valence-corrected chi connectivity index (χ3v) is 3.36. The minimum absolute atomic E-state index is 0.161. The third-order valence-electron chi connectivity index (χ3n) is 3.19. The van der Waals surface area contributed by atoms with Crippen molar-refractivity contribution in [2.75, 3.05) is 0 Å². The quantitative estimate of drug-likeness (QED) is 0.541. The topological polar surface area (TPSA) is 67.6 Å². The van der Waals surface area contributed by atoms with Crippen LogP contribution in [0.4, 0.5) is 0 Å². The number of halogens is 1. The SMILES string of the molecule is Cc1ccc2oc(-c3nc(Cl)nc4[nH]ncc34)cc2c1. The van der Waals surface area contributed by atoms with E-state index in [0.717, 1.165) is 16.4 Å². The van der Waals surface area contributed by atoms with Crippen LogP contribution in [0.5, 0.6) is 0 Å². The molecule has 4 aromatic rings. The lowest BCUT2D eigenvalue weighted by molar-refractivity contribution is 0.629. The van der Waals surface area contributed by atoms with Crippen molar-refractivity contribution < 1.29 is 4.42 Å². The van der Waals surface area contributed by atoms with Crippen LogP contribution in [0.1, 0.15) is 5.56 Å². The predicted molar refractivity (Wildman–Crippen MR) is 76.6 cm³/mol. The fourth-order valence-electron chi connectivity index (χ4n) is 2.27. The van der Waals surface area contributed by atoms with Crippen LogP contribution in [0.15, 0.2) is 34.9 Å². The summed E-state index contributed by atoms with van der Waals surface area (Å²) in [6.07, 6.45) is 1.67. The number of aryl methyl sites for hydroxylation is 1. The van der Waals surface area contributed by atoms with Gasteiger partial charge in [-0.05, 0) is 36.7 Å². The number of furan rings is 1. The molecule has 0 atom stereocenters. The molecule has 0 saturated heterocycles. The second-order valence-corrected chi connectivity index (χ2v) is 4.96. The smallest absolute Gasteiger partial charge is 0.225 e. The summed E-state index contributed by atoms with van der Waals surface area (Å²) in [6.45, 7) is 2.04. The number of rotatable bonds is 1. The summed E-state index contributed by atoms with van der Waals surface area (Å²) >= 11 is 5.94. The standard InChI is InChI=1S/C14H9ClN4O/c1-7-2-3-10-8(4-7)5-11(20-10)12-9-6-16-19-13(9)18-14(15)17-12/h2-6H,1H3,(H,16,17,18,19).